The average molecular weight is 206 g/mol. The lowest BCUT2D eigenvalue weighted by Crippen LogP contribution is -2.05. The molecule has 0 saturated carbocycles. The number of esters is 2. The second-order valence-electron chi connectivity index (χ2n) is 3.17. The van der Waals surface area contributed by atoms with Crippen LogP contribution in [-0.4, -0.2) is 18.5 Å². The zero-order valence-corrected chi connectivity index (χ0v) is 8.28. The van der Waals surface area contributed by atoms with Crippen LogP contribution in [0.4, 0.5) is 0 Å². The molecule has 1 aromatic rings. The maximum atomic E-state index is 11.4. The molecule has 0 fully saturated rings. The molecule has 0 atom stereocenters. The molecule has 1 aliphatic heterocycles. The summed E-state index contributed by atoms with van der Waals surface area (Å²) in [7, 11) is 0. The van der Waals surface area contributed by atoms with Gasteiger partial charge in [0.25, 0.3) is 0 Å². The predicted octanol–water partition coefficient (Wildman–Crippen LogP) is 1.53. The zero-order valence-electron chi connectivity index (χ0n) is 8.28. The van der Waals surface area contributed by atoms with Crippen molar-refractivity contribution in [2.24, 2.45) is 0 Å². The maximum absolute atomic E-state index is 11.4. The van der Waals surface area contributed by atoms with E-state index in [1.54, 1.807) is 25.1 Å². The van der Waals surface area contributed by atoms with Crippen LogP contribution in [0, 0.1) is 0 Å². The highest BCUT2D eigenvalue weighted by Crippen LogP contribution is 2.21. The van der Waals surface area contributed by atoms with E-state index in [1.165, 1.54) is 0 Å². The first-order valence-electron chi connectivity index (χ1n) is 4.69. The minimum absolute atomic E-state index is 0.238. The number of hydrogen-bond donors (Lipinski definition) is 0. The van der Waals surface area contributed by atoms with Crippen molar-refractivity contribution in [1.29, 1.82) is 0 Å². The minimum atomic E-state index is -0.375. The fourth-order valence-corrected chi connectivity index (χ4v) is 1.47. The van der Waals surface area contributed by atoms with Crippen molar-refractivity contribution in [1.82, 2.24) is 0 Å². The quantitative estimate of drug-likeness (QED) is 0.688. The lowest BCUT2D eigenvalue weighted by molar-refractivity contribution is 0.0523. The third-order valence-electron chi connectivity index (χ3n) is 2.20. The van der Waals surface area contributed by atoms with E-state index in [-0.39, 0.29) is 18.5 Å². The Kier molecular flexibility index (Phi) is 2.41. The van der Waals surface area contributed by atoms with Crippen LogP contribution in [0.5, 0.6) is 0 Å². The second-order valence-corrected chi connectivity index (χ2v) is 3.17. The molecule has 0 radical (unpaired) electrons. The van der Waals surface area contributed by atoms with Gasteiger partial charge in [0.2, 0.25) is 0 Å². The standard InChI is InChI=1S/C11H10O4/c1-2-14-10(12)7-3-4-9-8(5-7)6-15-11(9)13/h3-5H,2,6H2,1H3. The van der Waals surface area contributed by atoms with Gasteiger partial charge in [0.15, 0.2) is 0 Å². The maximum Gasteiger partial charge on any atom is 0.338 e. The van der Waals surface area contributed by atoms with Crippen LogP contribution >= 0.6 is 0 Å². The number of ether oxygens (including phenoxy) is 2. The van der Waals surface area contributed by atoms with E-state index in [4.69, 9.17) is 9.47 Å². The number of fused-ring (bicyclic) bond motifs is 1. The van der Waals surface area contributed by atoms with Crippen molar-refractivity contribution in [2.75, 3.05) is 6.61 Å². The van der Waals surface area contributed by atoms with Crippen LogP contribution in [0.1, 0.15) is 33.2 Å². The van der Waals surface area contributed by atoms with Gasteiger partial charge in [-0.15, -0.1) is 0 Å². The van der Waals surface area contributed by atoms with Crippen LogP contribution in [0.15, 0.2) is 18.2 Å². The molecule has 0 aromatic heterocycles. The second kappa shape index (κ2) is 3.73. The minimum Gasteiger partial charge on any atom is -0.462 e. The van der Waals surface area contributed by atoms with Crippen LogP contribution in [0.3, 0.4) is 0 Å². The average Bonchev–Trinajstić information content (AvgIpc) is 2.60. The number of carbonyl (C=O) groups is 2. The van der Waals surface area contributed by atoms with E-state index in [9.17, 15) is 9.59 Å². The summed E-state index contributed by atoms with van der Waals surface area (Å²) >= 11 is 0. The predicted molar refractivity (Wildman–Crippen MR) is 51.5 cm³/mol. The first kappa shape index (κ1) is 9.71. The summed E-state index contributed by atoms with van der Waals surface area (Å²) in [4.78, 5) is 22.5. The third-order valence-corrected chi connectivity index (χ3v) is 2.20. The van der Waals surface area contributed by atoms with Crippen LogP contribution in [0.25, 0.3) is 0 Å². The Labute approximate surface area is 86.8 Å². The van der Waals surface area contributed by atoms with E-state index in [1.807, 2.05) is 0 Å². The summed E-state index contributed by atoms with van der Waals surface area (Å²) in [6.45, 7) is 2.32. The molecule has 2 rings (SSSR count). The van der Waals surface area contributed by atoms with Crippen molar-refractivity contribution in [3.63, 3.8) is 0 Å². The summed E-state index contributed by atoms with van der Waals surface area (Å²) in [6.07, 6.45) is 0. The van der Waals surface area contributed by atoms with E-state index < -0.39 is 0 Å². The molecular formula is C11H10O4. The molecule has 0 aliphatic carbocycles. The third kappa shape index (κ3) is 1.70. The lowest BCUT2D eigenvalue weighted by Gasteiger charge is -2.02. The van der Waals surface area contributed by atoms with Gasteiger partial charge >= 0.3 is 11.9 Å². The zero-order chi connectivity index (χ0) is 10.8. The molecule has 78 valence electrons. The monoisotopic (exact) mass is 206 g/mol. The highest BCUT2D eigenvalue weighted by molar-refractivity contribution is 5.96. The topological polar surface area (TPSA) is 52.6 Å². The van der Waals surface area contributed by atoms with Gasteiger partial charge in [-0.2, -0.15) is 0 Å². The van der Waals surface area contributed by atoms with E-state index >= 15 is 0 Å². The van der Waals surface area contributed by atoms with Crippen molar-refractivity contribution < 1.29 is 19.1 Å². The Hall–Kier alpha value is -1.84. The van der Waals surface area contributed by atoms with Crippen LogP contribution < -0.4 is 0 Å². The SMILES string of the molecule is CCOC(=O)c1ccc2c(c1)COC2=O. The molecule has 0 N–H and O–H groups in total. The smallest absolute Gasteiger partial charge is 0.338 e. The van der Waals surface area contributed by atoms with Gasteiger partial charge in [0.1, 0.15) is 6.61 Å². The van der Waals surface area contributed by atoms with Gasteiger partial charge < -0.3 is 9.47 Å². The molecule has 1 heterocycles. The van der Waals surface area contributed by atoms with E-state index in [0.717, 1.165) is 5.56 Å². The Bertz CT molecular complexity index is 423. The van der Waals surface area contributed by atoms with Gasteiger partial charge in [-0.05, 0) is 25.1 Å². The first-order chi connectivity index (χ1) is 7.22. The van der Waals surface area contributed by atoms with Gasteiger partial charge in [-0.25, -0.2) is 9.59 Å². The molecule has 1 aliphatic rings. The van der Waals surface area contributed by atoms with Crippen molar-refractivity contribution in [3.8, 4) is 0 Å². The number of benzene rings is 1. The summed E-state index contributed by atoms with van der Waals surface area (Å²) in [6, 6.07) is 4.80. The first-order valence-corrected chi connectivity index (χ1v) is 4.69. The number of rotatable bonds is 2. The number of hydrogen-bond acceptors (Lipinski definition) is 4. The molecule has 4 heteroatoms. The lowest BCUT2D eigenvalue weighted by atomic mass is 10.1. The molecular weight excluding hydrogens is 196 g/mol. The van der Waals surface area contributed by atoms with E-state index in [0.29, 0.717) is 17.7 Å². The van der Waals surface area contributed by atoms with Crippen LogP contribution in [0.2, 0.25) is 0 Å². The number of cyclic esters (lactones) is 1. The molecule has 0 bridgehead atoms. The summed E-state index contributed by atoms with van der Waals surface area (Å²) in [5, 5.41) is 0. The molecule has 1 aromatic carbocycles. The van der Waals surface area contributed by atoms with Gasteiger partial charge in [0, 0.05) is 5.56 Å². The fraction of sp³-hybridized carbons (Fsp3) is 0.273. The Morgan fingerprint density at radius 1 is 1.53 bits per heavy atom. The van der Waals surface area contributed by atoms with Crippen LogP contribution in [-0.2, 0) is 16.1 Å². The molecule has 0 unspecified atom stereocenters. The Morgan fingerprint density at radius 2 is 2.33 bits per heavy atom. The molecule has 4 nitrogen and oxygen atoms in total. The van der Waals surface area contributed by atoms with Crippen molar-refractivity contribution in [2.45, 2.75) is 13.5 Å². The van der Waals surface area contributed by atoms with Crippen molar-refractivity contribution >= 4 is 11.9 Å². The Balaban J connectivity index is 2.30. The van der Waals surface area contributed by atoms with E-state index in [2.05, 4.69) is 0 Å². The van der Waals surface area contributed by atoms with Crippen molar-refractivity contribution in [3.05, 3.63) is 34.9 Å². The largest absolute Gasteiger partial charge is 0.462 e. The normalized spacial score (nSPS) is 13.3. The summed E-state index contributed by atoms with van der Waals surface area (Å²) in [5.41, 5.74) is 1.72. The highest BCUT2D eigenvalue weighted by Gasteiger charge is 2.22. The Morgan fingerprint density at radius 3 is 3.07 bits per heavy atom. The molecule has 0 amide bonds. The number of carbonyl (C=O) groups excluding carboxylic acids is 2. The fourth-order valence-electron chi connectivity index (χ4n) is 1.47. The van der Waals surface area contributed by atoms with Gasteiger partial charge in [-0.3, -0.25) is 0 Å². The highest BCUT2D eigenvalue weighted by atomic mass is 16.5. The molecule has 0 saturated heterocycles. The summed E-state index contributed by atoms with van der Waals surface area (Å²) in [5.74, 6) is -0.708. The molecule has 0 spiro atoms. The summed E-state index contributed by atoms with van der Waals surface area (Å²) < 4.78 is 9.68. The van der Waals surface area contributed by atoms with Gasteiger partial charge in [0.05, 0.1) is 17.7 Å². The van der Waals surface area contributed by atoms with Gasteiger partial charge in [-0.1, -0.05) is 0 Å². The molecule has 15 heavy (non-hydrogen) atoms.